The molecule has 21 heavy (non-hydrogen) atoms. The highest BCUT2D eigenvalue weighted by Crippen LogP contribution is 2.20. The van der Waals surface area contributed by atoms with Gasteiger partial charge < -0.3 is 14.9 Å². The van der Waals surface area contributed by atoms with E-state index < -0.39 is 6.04 Å². The summed E-state index contributed by atoms with van der Waals surface area (Å²) in [5.41, 5.74) is 2.13. The van der Waals surface area contributed by atoms with Crippen molar-refractivity contribution in [3.63, 3.8) is 0 Å². The van der Waals surface area contributed by atoms with Gasteiger partial charge in [0, 0.05) is 6.54 Å². The molecule has 0 spiro atoms. The Morgan fingerprint density at radius 1 is 1.48 bits per heavy atom. The Hall–Kier alpha value is -2.13. The van der Waals surface area contributed by atoms with E-state index in [-0.39, 0.29) is 5.91 Å². The van der Waals surface area contributed by atoms with Gasteiger partial charge in [0.1, 0.15) is 6.04 Å². The second kappa shape index (κ2) is 6.10. The first-order chi connectivity index (χ1) is 9.93. The Bertz CT molecular complexity index is 766. The third-order valence-corrected chi connectivity index (χ3v) is 3.60. The van der Waals surface area contributed by atoms with Crippen LogP contribution in [0.25, 0.3) is 11.0 Å². The summed E-state index contributed by atoms with van der Waals surface area (Å²) in [6.45, 7) is 6.52. The number of aromatic nitrogens is 2. The number of hydrogen-bond acceptors (Lipinski definition) is 3. The van der Waals surface area contributed by atoms with Crippen LogP contribution in [0.3, 0.4) is 0 Å². The molecule has 6 heteroatoms. The van der Waals surface area contributed by atoms with Crippen molar-refractivity contribution in [3.8, 4) is 6.07 Å². The fraction of sp³-hybridized carbons (Fsp3) is 0.400. The second-order valence-corrected chi connectivity index (χ2v) is 5.85. The van der Waals surface area contributed by atoms with Gasteiger partial charge in [0.15, 0.2) is 4.77 Å². The van der Waals surface area contributed by atoms with Gasteiger partial charge in [-0.15, -0.1) is 0 Å². The van der Waals surface area contributed by atoms with E-state index in [0.29, 0.717) is 22.8 Å². The summed E-state index contributed by atoms with van der Waals surface area (Å²) in [5.74, 6) is 0.311. The molecule has 0 saturated carbocycles. The number of aromatic amines is 1. The molecule has 0 fully saturated rings. The summed E-state index contributed by atoms with van der Waals surface area (Å²) in [6, 6.07) is 6.94. The summed E-state index contributed by atoms with van der Waals surface area (Å²) in [5, 5.41) is 11.9. The minimum atomic E-state index is -0.432. The minimum absolute atomic E-state index is 0.0805. The first-order valence-corrected chi connectivity index (χ1v) is 7.27. The van der Waals surface area contributed by atoms with Crippen molar-refractivity contribution in [1.29, 1.82) is 5.26 Å². The lowest BCUT2D eigenvalue weighted by Gasteiger charge is -2.16. The molecule has 1 heterocycles. The van der Waals surface area contributed by atoms with Crippen LogP contribution in [-0.4, -0.2) is 22.0 Å². The molecule has 110 valence electrons. The van der Waals surface area contributed by atoms with Crippen molar-refractivity contribution in [1.82, 2.24) is 14.9 Å². The van der Waals surface area contributed by atoms with Crippen LogP contribution in [0.15, 0.2) is 18.2 Å². The highest BCUT2D eigenvalue weighted by Gasteiger charge is 2.18. The fourth-order valence-corrected chi connectivity index (χ4v) is 2.51. The molecule has 2 N–H and O–H groups in total. The largest absolute Gasteiger partial charge is 0.354 e. The minimum Gasteiger partial charge on any atom is -0.354 e. The molecule has 1 atom stereocenters. The second-order valence-electron chi connectivity index (χ2n) is 5.46. The van der Waals surface area contributed by atoms with E-state index in [2.05, 4.69) is 16.4 Å². The zero-order chi connectivity index (χ0) is 15.6. The Labute approximate surface area is 128 Å². The molecular formula is C15H18N4OS. The van der Waals surface area contributed by atoms with E-state index in [0.717, 1.165) is 11.0 Å². The molecule has 0 aliphatic heterocycles. The Balaban J connectivity index is 2.41. The summed E-state index contributed by atoms with van der Waals surface area (Å²) in [6.07, 6.45) is 0. The predicted molar refractivity (Wildman–Crippen MR) is 84.4 cm³/mol. The molecule has 0 bridgehead atoms. The van der Waals surface area contributed by atoms with Crippen LogP contribution in [0.2, 0.25) is 0 Å². The Kier molecular flexibility index (Phi) is 4.43. The molecule has 0 aliphatic carbocycles. The van der Waals surface area contributed by atoms with Gasteiger partial charge in [-0.3, -0.25) is 4.79 Å². The van der Waals surface area contributed by atoms with Crippen molar-refractivity contribution >= 4 is 29.2 Å². The number of amides is 1. The number of rotatable bonds is 4. The predicted octanol–water partition coefficient (Wildman–Crippen LogP) is 2.90. The van der Waals surface area contributed by atoms with Gasteiger partial charge in [-0.25, -0.2) is 0 Å². The number of benzene rings is 1. The number of carbonyl (C=O) groups excluding carboxylic acids is 1. The molecule has 0 saturated heterocycles. The van der Waals surface area contributed by atoms with Crippen LogP contribution in [0.4, 0.5) is 0 Å². The standard InChI is InChI=1S/C15H18N4OS/c1-9(2)8-17-14(20)10(3)19-13-6-11(7-16)4-5-12(13)18-15(19)21/h4-6,9-10H,8H2,1-3H3,(H,17,20)(H,18,21). The molecule has 5 nitrogen and oxygen atoms in total. The highest BCUT2D eigenvalue weighted by atomic mass is 32.1. The lowest BCUT2D eigenvalue weighted by molar-refractivity contribution is -0.123. The third kappa shape index (κ3) is 3.14. The number of carbonyl (C=O) groups is 1. The molecule has 1 aromatic carbocycles. The number of nitrogens with zero attached hydrogens (tertiary/aromatic N) is 2. The number of H-pyrrole nitrogens is 1. The molecule has 2 rings (SSSR count). The van der Waals surface area contributed by atoms with E-state index >= 15 is 0 Å². The normalized spacial score (nSPS) is 12.3. The maximum atomic E-state index is 12.2. The lowest BCUT2D eigenvalue weighted by atomic mass is 10.2. The Morgan fingerprint density at radius 3 is 2.81 bits per heavy atom. The SMILES string of the molecule is CC(C)CNC(=O)C(C)n1c(=S)[nH]c2ccc(C#N)cc21. The zero-order valence-corrected chi connectivity index (χ0v) is 13.1. The van der Waals surface area contributed by atoms with Crippen molar-refractivity contribution in [2.75, 3.05) is 6.54 Å². The van der Waals surface area contributed by atoms with E-state index in [1.807, 2.05) is 13.8 Å². The number of nitrogens with one attached hydrogen (secondary N) is 2. The van der Waals surface area contributed by atoms with Gasteiger partial charge in [0.25, 0.3) is 0 Å². The van der Waals surface area contributed by atoms with E-state index in [4.69, 9.17) is 17.5 Å². The summed E-state index contributed by atoms with van der Waals surface area (Å²) in [4.78, 5) is 15.3. The molecule has 2 aromatic rings. The monoisotopic (exact) mass is 302 g/mol. The van der Waals surface area contributed by atoms with Gasteiger partial charge >= 0.3 is 0 Å². The summed E-state index contributed by atoms with van der Waals surface area (Å²) < 4.78 is 2.23. The highest BCUT2D eigenvalue weighted by molar-refractivity contribution is 7.71. The van der Waals surface area contributed by atoms with Crippen LogP contribution >= 0.6 is 12.2 Å². The number of hydrogen-bond donors (Lipinski definition) is 2. The molecule has 1 aromatic heterocycles. The third-order valence-electron chi connectivity index (χ3n) is 3.30. The maximum Gasteiger partial charge on any atom is 0.242 e. The summed E-state index contributed by atoms with van der Waals surface area (Å²) >= 11 is 5.31. The van der Waals surface area contributed by atoms with Crippen molar-refractivity contribution in [2.45, 2.75) is 26.8 Å². The quantitative estimate of drug-likeness (QED) is 0.853. The van der Waals surface area contributed by atoms with Crippen LogP contribution in [-0.2, 0) is 4.79 Å². The molecule has 0 radical (unpaired) electrons. The van der Waals surface area contributed by atoms with Crippen molar-refractivity contribution in [2.24, 2.45) is 5.92 Å². The molecule has 1 unspecified atom stereocenters. The van der Waals surface area contributed by atoms with Gasteiger partial charge in [0.05, 0.1) is 22.7 Å². The molecule has 1 amide bonds. The molecular weight excluding hydrogens is 284 g/mol. The first-order valence-electron chi connectivity index (χ1n) is 6.86. The lowest BCUT2D eigenvalue weighted by Crippen LogP contribution is -2.33. The van der Waals surface area contributed by atoms with Crippen LogP contribution in [0, 0.1) is 22.0 Å². The maximum absolute atomic E-state index is 12.2. The van der Waals surface area contributed by atoms with Crippen LogP contribution in [0.1, 0.15) is 32.4 Å². The van der Waals surface area contributed by atoms with Crippen LogP contribution < -0.4 is 5.32 Å². The average molecular weight is 302 g/mol. The van der Waals surface area contributed by atoms with Crippen molar-refractivity contribution in [3.05, 3.63) is 28.5 Å². The Morgan fingerprint density at radius 2 is 2.19 bits per heavy atom. The van der Waals surface area contributed by atoms with Gasteiger partial charge in [-0.05, 0) is 43.3 Å². The van der Waals surface area contributed by atoms with E-state index in [1.165, 1.54) is 0 Å². The smallest absolute Gasteiger partial charge is 0.242 e. The zero-order valence-electron chi connectivity index (χ0n) is 12.3. The number of nitriles is 1. The van der Waals surface area contributed by atoms with Crippen molar-refractivity contribution < 1.29 is 4.79 Å². The average Bonchev–Trinajstić information content (AvgIpc) is 2.78. The van der Waals surface area contributed by atoms with Crippen LogP contribution in [0.5, 0.6) is 0 Å². The summed E-state index contributed by atoms with van der Waals surface area (Å²) in [7, 11) is 0. The fourth-order valence-electron chi connectivity index (χ4n) is 2.15. The number of imidazole rings is 1. The van der Waals surface area contributed by atoms with E-state index in [9.17, 15) is 4.79 Å². The topological polar surface area (TPSA) is 73.6 Å². The van der Waals surface area contributed by atoms with E-state index in [1.54, 1.807) is 29.7 Å². The molecule has 0 aliphatic rings. The van der Waals surface area contributed by atoms with Gasteiger partial charge in [-0.2, -0.15) is 5.26 Å². The number of fused-ring (bicyclic) bond motifs is 1. The van der Waals surface area contributed by atoms with Gasteiger partial charge in [-0.1, -0.05) is 13.8 Å². The van der Waals surface area contributed by atoms with Gasteiger partial charge in [0.2, 0.25) is 5.91 Å². The first kappa shape index (κ1) is 15.3.